The summed E-state index contributed by atoms with van der Waals surface area (Å²) in [5, 5.41) is 10.1. The van der Waals surface area contributed by atoms with Gasteiger partial charge in [-0.2, -0.15) is 4.98 Å². The standard InChI is InChI=1S/C29H27ClN6O3/c30-23-17-31-29-33-21-4-1-3-18(15-21)6-7-20-16-22(32-26(23)35-29)8-9-24(20)34-27(37)19-10-12-36(13-11-19)28(38)25-5-2-14-39-25/h1-5,8-9,14-17,19H,6-7,10-13H2,(H,34,37)(H2,31,32,33,35). The van der Waals surface area contributed by atoms with Crippen LogP contribution in [0.25, 0.3) is 0 Å². The van der Waals surface area contributed by atoms with E-state index in [2.05, 4.69) is 38.1 Å². The lowest BCUT2D eigenvalue weighted by molar-refractivity contribution is -0.121. The van der Waals surface area contributed by atoms with Gasteiger partial charge in [-0.15, -0.1) is 0 Å². The van der Waals surface area contributed by atoms with E-state index in [1.54, 1.807) is 23.2 Å². The molecule has 1 saturated heterocycles. The van der Waals surface area contributed by atoms with Crippen molar-refractivity contribution in [2.45, 2.75) is 25.7 Å². The topological polar surface area (TPSA) is 112 Å². The summed E-state index contributed by atoms with van der Waals surface area (Å²) in [5.41, 5.74) is 4.63. The molecule has 6 rings (SSSR count). The summed E-state index contributed by atoms with van der Waals surface area (Å²) in [7, 11) is 0. The Labute approximate surface area is 230 Å². The number of nitrogens with zero attached hydrogens (tertiary/aromatic N) is 3. The molecule has 198 valence electrons. The van der Waals surface area contributed by atoms with Crippen molar-refractivity contribution in [1.82, 2.24) is 14.9 Å². The first-order valence-corrected chi connectivity index (χ1v) is 13.3. The monoisotopic (exact) mass is 542 g/mol. The normalized spacial score (nSPS) is 15.2. The van der Waals surface area contributed by atoms with Gasteiger partial charge in [-0.1, -0.05) is 23.7 Å². The molecule has 2 amide bonds. The van der Waals surface area contributed by atoms with E-state index in [4.69, 9.17) is 16.0 Å². The van der Waals surface area contributed by atoms with Gasteiger partial charge in [0.15, 0.2) is 11.6 Å². The van der Waals surface area contributed by atoms with Gasteiger partial charge in [-0.05, 0) is 79.3 Å². The van der Waals surface area contributed by atoms with Gasteiger partial charge in [0.2, 0.25) is 11.9 Å². The van der Waals surface area contributed by atoms with Crippen molar-refractivity contribution in [3.8, 4) is 0 Å². The van der Waals surface area contributed by atoms with Crippen LogP contribution in [-0.2, 0) is 17.6 Å². The van der Waals surface area contributed by atoms with Gasteiger partial charge < -0.3 is 25.3 Å². The first-order chi connectivity index (χ1) is 19.0. The number of fused-ring (bicyclic) bond motifs is 6. The van der Waals surface area contributed by atoms with Crippen LogP contribution in [-0.4, -0.2) is 39.8 Å². The van der Waals surface area contributed by atoms with Crippen LogP contribution in [0.15, 0.2) is 71.5 Å². The first kappa shape index (κ1) is 24.9. The number of nitrogens with one attached hydrogen (secondary N) is 3. The van der Waals surface area contributed by atoms with Crippen molar-refractivity contribution in [3.63, 3.8) is 0 Å². The fourth-order valence-corrected chi connectivity index (χ4v) is 5.14. The number of aromatic nitrogens is 2. The molecule has 0 saturated carbocycles. The molecule has 3 N–H and O–H groups in total. The van der Waals surface area contributed by atoms with E-state index in [1.807, 2.05) is 30.3 Å². The van der Waals surface area contributed by atoms with Crippen molar-refractivity contribution in [3.05, 3.63) is 89.0 Å². The highest BCUT2D eigenvalue weighted by Crippen LogP contribution is 2.30. The van der Waals surface area contributed by atoms with Crippen LogP contribution in [0.2, 0.25) is 5.02 Å². The molecule has 6 bridgehead atoms. The second-order valence-electron chi connectivity index (χ2n) is 9.75. The molecule has 0 spiro atoms. The Hall–Kier alpha value is -4.37. The SMILES string of the molecule is O=C(Nc1ccc2cc1CCc1cccc(c1)Nc1ncc(Cl)c(n1)N2)C1CCN(C(=O)c2ccco2)CC1. The Morgan fingerprint density at radius 3 is 2.67 bits per heavy atom. The fraction of sp³-hybridized carbons (Fsp3) is 0.241. The maximum atomic E-state index is 13.3. The Morgan fingerprint density at radius 2 is 1.85 bits per heavy atom. The third-order valence-corrected chi connectivity index (χ3v) is 7.40. The highest BCUT2D eigenvalue weighted by molar-refractivity contribution is 6.32. The van der Waals surface area contributed by atoms with Crippen molar-refractivity contribution in [2.24, 2.45) is 5.92 Å². The van der Waals surface area contributed by atoms with Gasteiger partial charge in [-0.3, -0.25) is 9.59 Å². The third-order valence-electron chi connectivity index (χ3n) is 7.12. The van der Waals surface area contributed by atoms with E-state index in [-0.39, 0.29) is 17.7 Å². The number of benzene rings is 2. The molecule has 4 heterocycles. The van der Waals surface area contributed by atoms with E-state index >= 15 is 0 Å². The number of furan rings is 1. The lowest BCUT2D eigenvalue weighted by atomic mass is 9.95. The summed E-state index contributed by atoms with van der Waals surface area (Å²) in [5.74, 6) is 0.916. The number of likely N-dealkylation sites (tertiary alicyclic amines) is 1. The molecule has 10 heteroatoms. The first-order valence-electron chi connectivity index (χ1n) is 12.9. The number of amides is 2. The molecule has 0 aliphatic carbocycles. The van der Waals surface area contributed by atoms with Crippen LogP contribution < -0.4 is 16.0 Å². The van der Waals surface area contributed by atoms with Gasteiger partial charge in [0, 0.05) is 36.1 Å². The number of rotatable bonds is 3. The summed E-state index contributed by atoms with van der Waals surface area (Å²) in [6.07, 6.45) is 5.76. The molecule has 2 aliphatic heterocycles. The number of hydrogen-bond acceptors (Lipinski definition) is 7. The summed E-state index contributed by atoms with van der Waals surface area (Å²) in [6.45, 7) is 1.03. The minimum atomic E-state index is -0.175. The van der Waals surface area contributed by atoms with Crippen molar-refractivity contribution < 1.29 is 14.0 Å². The molecule has 9 nitrogen and oxygen atoms in total. The average molecular weight is 543 g/mol. The summed E-state index contributed by atoms with van der Waals surface area (Å²) >= 11 is 6.38. The molecule has 1 fully saturated rings. The van der Waals surface area contributed by atoms with E-state index < -0.39 is 0 Å². The molecule has 0 radical (unpaired) electrons. The van der Waals surface area contributed by atoms with Crippen LogP contribution in [0.5, 0.6) is 0 Å². The molecule has 4 aromatic rings. The molecule has 2 aromatic carbocycles. The zero-order valence-electron chi connectivity index (χ0n) is 21.1. The maximum absolute atomic E-state index is 13.3. The van der Waals surface area contributed by atoms with E-state index in [9.17, 15) is 9.59 Å². The van der Waals surface area contributed by atoms with Crippen LogP contribution in [0.4, 0.5) is 28.8 Å². The maximum Gasteiger partial charge on any atom is 0.289 e. The third kappa shape index (κ3) is 5.58. The number of anilines is 5. The number of carbonyl (C=O) groups is 2. The minimum Gasteiger partial charge on any atom is -0.459 e. The fourth-order valence-electron chi connectivity index (χ4n) is 5.00. The molecule has 0 unspecified atom stereocenters. The molecule has 2 aliphatic rings. The van der Waals surface area contributed by atoms with Crippen LogP contribution in [0, 0.1) is 5.92 Å². The summed E-state index contributed by atoms with van der Waals surface area (Å²) < 4.78 is 5.24. The highest BCUT2D eigenvalue weighted by atomic mass is 35.5. The van der Waals surface area contributed by atoms with Gasteiger partial charge >= 0.3 is 0 Å². The van der Waals surface area contributed by atoms with Crippen LogP contribution in [0.3, 0.4) is 0 Å². The number of carbonyl (C=O) groups excluding carboxylic acids is 2. The van der Waals surface area contributed by atoms with E-state index in [0.717, 1.165) is 41.0 Å². The second kappa shape index (κ2) is 10.8. The highest BCUT2D eigenvalue weighted by Gasteiger charge is 2.29. The molecule has 2 aromatic heterocycles. The predicted molar refractivity (Wildman–Crippen MR) is 150 cm³/mol. The zero-order valence-corrected chi connectivity index (χ0v) is 21.9. The summed E-state index contributed by atoms with van der Waals surface area (Å²) in [4.78, 5) is 36.4. The number of hydrogen-bond donors (Lipinski definition) is 3. The van der Waals surface area contributed by atoms with Crippen LogP contribution in [0.1, 0.15) is 34.5 Å². The molecular weight excluding hydrogens is 516 g/mol. The zero-order chi connectivity index (χ0) is 26.8. The Balaban J connectivity index is 1.20. The lowest BCUT2D eigenvalue weighted by Crippen LogP contribution is -2.41. The van der Waals surface area contributed by atoms with Gasteiger partial charge in [-0.25, -0.2) is 4.98 Å². The van der Waals surface area contributed by atoms with Crippen molar-refractivity contribution in [2.75, 3.05) is 29.0 Å². The van der Waals surface area contributed by atoms with Gasteiger partial charge in [0.1, 0.15) is 5.02 Å². The van der Waals surface area contributed by atoms with E-state index in [1.165, 1.54) is 6.26 Å². The molecule has 39 heavy (non-hydrogen) atoms. The number of piperidine rings is 1. The van der Waals surface area contributed by atoms with Crippen LogP contribution >= 0.6 is 11.6 Å². The molecule has 0 atom stereocenters. The Morgan fingerprint density at radius 1 is 1.00 bits per heavy atom. The smallest absolute Gasteiger partial charge is 0.289 e. The largest absolute Gasteiger partial charge is 0.459 e. The molecular formula is C29H27ClN6O3. The second-order valence-corrected chi connectivity index (χ2v) is 10.2. The Kier molecular flexibility index (Phi) is 6.89. The van der Waals surface area contributed by atoms with Gasteiger partial charge in [0.05, 0.1) is 12.5 Å². The lowest BCUT2D eigenvalue weighted by Gasteiger charge is -2.31. The Bertz CT molecular complexity index is 1520. The minimum absolute atomic E-state index is 0.0327. The quantitative estimate of drug-likeness (QED) is 0.300. The van der Waals surface area contributed by atoms with Crippen molar-refractivity contribution >= 4 is 52.2 Å². The summed E-state index contributed by atoms with van der Waals surface area (Å²) in [6, 6.07) is 17.3. The number of halogens is 1. The van der Waals surface area contributed by atoms with E-state index in [0.29, 0.717) is 48.5 Å². The average Bonchev–Trinajstić information content (AvgIpc) is 3.49. The number of aryl methyl sites for hydroxylation is 2. The van der Waals surface area contributed by atoms with Crippen molar-refractivity contribution in [1.29, 1.82) is 0 Å². The van der Waals surface area contributed by atoms with Gasteiger partial charge in [0.25, 0.3) is 5.91 Å². The predicted octanol–water partition coefficient (Wildman–Crippen LogP) is 5.80.